The molecule has 2 heteroatoms. The van der Waals surface area contributed by atoms with E-state index in [4.69, 9.17) is 0 Å². The summed E-state index contributed by atoms with van der Waals surface area (Å²) in [6, 6.07) is 1.48. The van der Waals surface area contributed by atoms with Crippen LogP contribution in [0.15, 0.2) is 0 Å². The highest BCUT2D eigenvalue weighted by molar-refractivity contribution is 5.01. The van der Waals surface area contributed by atoms with E-state index in [-0.39, 0.29) is 0 Å². The molecule has 0 aromatic heterocycles. The van der Waals surface area contributed by atoms with Crippen LogP contribution in [0.2, 0.25) is 0 Å². The zero-order chi connectivity index (χ0) is 15.0. The summed E-state index contributed by atoms with van der Waals surface area (Å²) in [5.74, 6) is 0.738. The molecule has 0 spiro atoms. The smallest absolute Gasteiger partial charge is 0.0278 e. The third-order valence-electron chi connectivity index (χ3n) is 6.10. The van der Waals surface area contributed by atoms with Crippen LogP contribution in [0.1, 0.15) is 73.6 Å². The number of hydrogen-bond donors (Lipinski definition) is 1. The summed E-state index contributed by atoms with van der Waals surface area (Å²) in [6.45, 7) is 16.9. The van der Waals surface area contributed by atoms with Crippen molar-refractivity contribution in [3.63, 3.8) is 0 Å². The molecule has 2 aliphatic rings. The van der Waals surface area contributed by atoms with Crippen LogP contribution in [0.3, 0.4) is 0 Å². The van der Waals surface area contributed by atoms with Crippen LogP contribution in [0.5, 0.6) is 0 Å². The Balaban J connectivity index is 2.22. The van der Waals surface area contributed by atoms with Gasteiger partial charge in [-0.05, 0) is 37.5 Å². The fourth-order valence-electron chi connectivity index (χ4n) is 4.33. The number of rotatable bonds is 3. The Morgan fingerprint density at radius 2 is 1.90 bits per heavy atom. The number of piperazine rings is 1. The summed E-state index contributed by atoms with van der Waals surface area (Å²) in [4.78, 5) is 2.89. The minimum atomic E-state index is 0.304. The average molecular weight is 280 g/mol. The molecule has 0 aromatic rings. The van der Waals surface area contributed by atoms with Crippen LogP contribution in [0.25, 0.3) is 0 Å². The zero-order valence-electron chi connectivity index (χ0n) is 14.6. The highest BCUT2D eigenvalue weighted by atomic mass is 15.3. The van der Waals surface area contributed by atoms with Gasteiger partial charge in [0.15, 0.2) is 0 Å². The Labute approximate surface area is 126 Å². The number of nitrogens with one attached hydrogen (secondary N) is 1. The summed E-state index contributed by atoms with van der Waals surface area (Å²) in [5.41, 5.74) is 0.788. The van der Waals surface area contributed by atoms with Crippen LogP contribution in [0, 0.1) is 11.3 Å². The molecule has 1 aliphatic heterocycles. The van der Waals surface area contributed by atoms with Gasteiger partial charge in [0.25, 0.3) is 0 Å². The lowest BCUT2D eigenvalue weighted by molar-refractivity contribution is -0.0371. The maximum Gasteiger partial charge on any atom is 0.0278 e. The zero-order valence-corrected chi connectivity index (χ0v) is 14.6. The van der Waals surface area contributed by atoms with Crippen molar-refractivity contribution in [2.75, 3.05) is 13.1 Å². The fourth-order valence-corrected chi connectivity index (χ4v) is 4.33. The molecule has 2 nitrogen and oxygen atoms in total. The molecule has 118 valence electrons. The predicted octanol–water partition coefficient (Wildman–Crippen LogP) is 4.05. The molecule has 3 atom stereocenters. The Hall–Kier alpha value is -0.0800. The Morgan fingerprint density at radius 1 is 1.20 bits per heavy atom. The monoisotopic (exact) mass is 280 g/mol. The first-order valence-electron chi connectivity index (χ1n) is 8.80. The van der Waals surface area contributed by atoms with E-state index in [9.17, 15) is 0 Å². The van der Waals surface area contributed by atoms with Crippen molar-refractivity contribution in [2.24, 2.45) is 11.3 Å². The number of hydrogen-bond acceptors (Lipinski definition) is 2. The quantitative estimate of drug-likeness (QED) is 0.839. The van der Waals surface area contributed by atoms with Gasteiger partial charge in [0, 0.05) is 30.7 Å². The highest BCUT2D eigenvalue weighted by Gasteiger charge is 2.44. The lowest BCUT2D eigenvalue weighted by atomic mass is 9.71. The van der Waals surface area contributed by atoms with E-state index >= 15 is 0 Å². The van der Waals surface area contributed by atoms with Gasteiger partial charge in [-0.15, -0.1) is 0 Å². The van der Waals surface area contributed by atoms with E-state index in [1.165, 1.54) is 38.6 Å². The third kappa shape index (κ3) is 3.22. The molecule has 1 N–H and O–H groups in total. The topological polar surface area (TPSA) is 15.3 Å². The van der Waals surface area contributed by atoms with E-state index in [0.29, 0.717) is 17.0 Å². The standard InChI is InChI=1S/C18H36N2/c1-7-18(6)13-20(15(12-19-18)14(2)3)16-10-8-9-11-17(16,4)5/h14-16,19H,7-13H2,1-6H3. The van der Waals surface area contributed by atoms with Gasteiger partial charge >= 0.3 is 0 Å². The van der Waals surface area contributed by atoms with Crippen LogP contribution in [0.4, 0.5) is 0 Å². The molecule has 0 radical (unpaired) electrons. The molecular formula is C18H36N2. The largest absolute Gasteiger partial charge is 0.309 e. The summed E-state index contributed by atoms with van der Waals surface area (Å²) >= 11 is 0. The van der Waals surface area contributed by atoms with E-state index in [0.717, 1.165) is 18.5 Å². The van der Waals surface area contributed by atoms with Gasteiger partial charge in [0.1, 0.15) is 0 Å². The van der Waals surface area contributed by atoms with Crippen LogP contribution in [-0.2, 0) is 0 Å². The Morgan fingerprint density at radius 3 is 2.45 bits per heavy atom. The van der Waals surface area contributed by atoms with Crippen LogP contribution in [-0.4, -0.2) is 35.6 Å². The second-order valence-electron chi connectivity index (χ2n) is 8.53. The normalized spacial score (nSPS) is 39.1. The van der Waals surface area contributed by atoms with Gasteiger partial charge in [-0.25, -0.2) is 0 Å². The molecule has 0 bridgehead atoms. The van der Waals surface area contributed by atoms with Crippen molar-refractivity contribution in [1.82, 2.24) is 10.2 Å². The van der Waals surface area contributed by atoms with Crippen molar-refractivity contribution >= 4 is 0 Å². The Kier molecular flexibility index (Phi) is 4.86. The van der Waals surface area contributed by atoms with Crippen molar-refractivity contribution < 1.29 is 0 Å². The lowest BCUT2D eigenvalue weighted by Crippen LogP contribution is -2.68. The van der Waals surface area contributed by atoms with Gasteiger partial charge in [-0.2, -0.15) is 0 Å². The summed E-state index contributed by atoms with van der Waals surface area (Å²) in [6.07, 6.45) is 6.87. The van der Waals surface area contributed by atoms with Gasteiger partial charge < -0.3 is 5.32 Å². The average Bonchev–Trinajstić information content (AvgIpc) is 2.37. The lowest BCUT2D eigenvalue weighted by Gasteiger charge is -2.55. The highest BCUT2D eigenvalue weighted by Crippen LogP contribution is 2.41. The molecule has 20 heavy (non-hydrogen) atoms. The minimum Gasteiger partial charge on any atom is -0.309 e. The Bertz CT molecular complexity index is 323. The first-order valence-corrected chi connectivity index (χ1v) is 8.80. The first kappa shape index (κ1) is 16.3. The second kappa shape index (κ2) is 5.96. The molecular weight excluding hydrogens is 244 g/mol. The van der Waals surface area contributed by atoms with Gasteiger partial charge in [-0.3, -0.25) is 4.90 Å². The predicted molar refractivity (Wildman–Crippen MR) is 88.1 cm³/mol. The summed E-state index contributed by atoms with van der Waals surface area (Å²) < 4.78 is 0. The second-order valence-corrected chi connectivity index (χ2v) is 8.53. The van der Waals surface area contributed by atoms with Gasteiger partial charge in [0.05, 0.1) is 0 Å². The first-order chi connectivity index (χ1) is 9.29. The van der Waals surface area contributed by atoms with Crippen molar-refractivity contribution in [1.29, 1.82) is 0 Å². The van der Waals surface area contributed by atoms with Crippen molar-refractivity contribution in [2.45, 2.75) is 91.3 Å². The molecule has 3 unspecified atom stereocenters. The van der Waals surface area contributed by atoms with E-state index in [1.807, 2.05) is 0 Å². The van der Waals surface area contributed by atoms with E-state index in [1.54, 1.807) is 0 Å². The molecule has 0 amide bonds. The maximum atomic E-state index is 3.83. The SMILES string of the molecule is CCC1(C)CN(C2CCCCC2(C)C)C(C(C)C)CN1. The number of nitrogens with zero attached hydrogens (tertiary/aromatic N) is 1. The van der Waals surface area contributed by atoms with Gasteiger partial charge in [-0.1, -0.05) is 47.5 Å². The molecule has 1 saturated heterocycles. The van der Waals surface area contributed by atoms with Crippen molar-refractivity contribution in [3.8, 4) is 0 Å². The van der Waals surface area contributed by atoms with Crippen LogP contribution < -0.4 is 5.32 Å². The molecule has 1 heterocycles. The summed E-state index contributed by atoms with van der Waals surface area (Å²) in [7, 11) is 0. The molecule has 1 saturated carbocycles. The van der Waals surface area contributed by atoms with Gasteiger partial charge in [0.2, 0.25) is 0 Å². The minimum absolute atomic E-state index is 0.304. The summed E-state index contributed by atoms with van der Waals surface area (Å²) in [5, 5.41) is 3.83. The molecule has 0 aromatic carbocycles. The fraction of sp³-hybridized carbons (Fsp3) is 1.00. The van der Waals surface area contributed by atoms with E-state index in [2.05, 4.69) is 51.8 Å². The maximum absolute atomic E-state index is 3.83. The molecule has 2 rings (SSSR count). The molecule has 2 fully saturated rings. The molecule has 1 aliphatic carbocycles. The third-order valence-corrected chi connectivity index (χ3v) is 6.10. The van der Waals surface area contributed by atoms with Crippen LogP contribution >= 0.6 is 0 Å². The van der Waals surface area contributed by atoms with Crippen molar-refractivity contribution in [3.05, 3.63) is 0 Å². The van der Waals surface area contributed by atoms with E-state index < -0.39 is 0 Å².